The summed E-state index contributed by atoms with van der Waals surface area (Å²) < 4.78 is 41.5. The van der Waals surface area contributed by atoms with E-state index in [1.165, 1.54) is 12.3 Å². The summed E-state index contributed by atoms with van der Waals surface area (Å²) in [4.78, 5) is 5.97. The molecule has 0 saturated carbocycles. The second-order valence-electron chi connectivity index (χ2n) is 5.95. The average Bonchev–Trinajstić information content (AvgIpc) is 3.15. The van der Waals surface area contributed by atoms with Gasteiger partial charge in [-0.1, -0.05) is 12.1 Å². The van der Waals surface area contributed by atoms with Crippen LogP contribution in [0.5, 0.6) is 0 Å². The number of fused-ring (bicyclic) bond motifs is 2. The minimum atomic E-state index is -4.44. The van der Waals surface area contributed by atoms with Crippen LogP contribution in [0.4, 0.5) is 18.9 Å². The molecule has 1 N–H and O–H groups in total. The molecule has 1 aliphatic heterocycles. The highest BCUT2D eigenvalue weighted by atomic mass is 19.4. The summed E-state index contributed by atoms with van der Waals surface area (Å²) in [5.41, 5.74) is 1.94. The zero-order chi connectivity index (χ0) is 17.6. The van der Waals surface area contributed by atoms with Gasteiger partial charge in [0.05, 0.1) is 42.7 Å². The second kappa shape index (κ2) is 5.73. The summed E-state index contributed by atoms with van der Waals surface area (Å²) in [6.45, 7) is 1.49. The molecule has 1 aromatic carbocycles. The summed E-state index contributed by atoms with van der Waals surface area (Å²) in [5.74, 6) is 0. The van der Waals surface area contributed by atoms with Crippen molar-refractivity contribution < 1.29 is 18.3 Å². The van der Waals surface area contributed by atoms with Crippen LogP contribution in [0.1, 0.15) is 16.8 Å². The van der Waals surface area contributed by atoms with E-state index in [1.54, 1.807) is 23.0 Å². The number of halogens is 3. The molecule has 25 heavy (non-hydrogen) atoms. The van der Waals surface area contributed by atoms with Crippen LogP contribution in [0.15, 0.2) is 36.7 Å². The molecule has 0 bridgehead atoms. The molecule has 0 saturated heterocycles. The van der Waals surface area contributed by atoms with Crippen molar-refractivity contribution in [1.29, 1.82) is 0 Å². The Labute approximate surface area is 141 Å². The predicted molar refractivity (Wildman–Crippen MR) is 85.9 cm³/mol. The third-order valence-corrected chi connectivity index (χ3v) is 4.44. The van der Waals surface area contributed by atoms with Gasteiger partial charge in [0.2, 0.25) is 0 Å². The lowest BCUT2D eigenvalue weighted by Gasteiger charge is -2.21. The first kappa shape index (κ1) is 15.9. The fourth-order valence-electron chi connectivity index (χ4n) is 3.33. The minimum absolute atomic E-state index is 0.0126. The van der Waals surface area contributed by atoms with Crippen molar-refractivity contribution in [3.63, 3.8) is 0 Å². The summed E-state index contributed by atoms with van der Waals surface area (Å²) in [7, 11) is 0. The maximum Gasteiger partial charge on any atom is 0.418 e. The molecule has 1 aliphatic rings. The van der Waals surface area contributed by atoms with Crippen molar-refractivity contribution in [3.05, 3.63) is 53.5 Å². The van der Waals surface area contributed by atoms with E-state index in [-0.39, 0.29) is 12.1 Å². The van der Waals surface area contributed by atoms with E-state index in [2.05, 4.69) is 10.1 Å². The van der Waals surface area contributed by atoms with Crippen molar-refractivity contribution in [2.75, 3.05) is 11.5 Å². The number of benzene rings is 1. The van der Waals surface area contributed by atoms with Crippen LogP contribution in [-0.4, -0.2) is 26.5 Å². The molecule has 0 aliphatic carbocycles. The molecular weight excluding hydrogens is 333 g/mol. The number of anilines is 1. The monoisotopic (exact) mass is 348 g/mol. The van der Waals surface area contributed by atoms with Gasteiger partial charge in [0.1, 0.15) is 0 Å². The molecule has 4 rings (SSSR count). The van der Waals surface area contributed by atoms with Crippen molar-refractivity contribution in [2.45, 2.75) is 25.8 Å². The Morgan fingerprint density at radius 3 is 2.76 bits per heavy atom. The lowest BCUT2D eigenvalue weighted by atomic mass is 10.1. The zero-order valence-electron chi connectivity index (χ0n) is 13.2. The van der Waals surface area contributed by atoms with E-state index < -0.39 is 11.7 Å². The van der Waals surface area contributed by atoms with Crippen LogP contribution in [0.2, 0.25) is 0 Å². The first-order valence-electron chi connectivity index (χ1n) is 7.83. The molecule has 130 valence electrons. The lowest BCUT2D eigenvalue weighted by Crippen LogP contribution is -2.18. The average molecular weight is 348 g/mol. The molecule has 8 heteroatoms. The van der Waals surface area contributed by atoms with Crippen molar-refractivity contribution in [3.8, 4) is 0 Å². The summed E-state index contributed by atoms with van der Waals surface area (Å²) >= 11 is 0. The van der Waals surface area contributed by atoms with Crippen LogP contribution in [0, 0.1) is 0 Å². The number of alkyl halides is 3. The first-order chi connectivity index (χ1) is 12.0. The summed E-state index contributed by atoms with van der Waals surface area (Å²) in [6.07, 6.45) is -1.29. The molecule has 0 amide bonds. The van der Waals surface area contributed by atoms with Crippen molar-refractivity contribution in [1.82, 2.24) is 14.8 Å². The van der Waals surface area contributed by atoms with Gasteiger partial charge in [-0.25, -0.2) is 0 Å². The van der Waals surface area contributed by atoms with Crippen LogP contribution >= 0.6 is 0 Å². The van der Waals surface area contributed by atoms with Gasteiger partial charge in [0.25, 0.3) is 0 Å². The van der Waals surface area contributed by atoms with Gasteiger partial charge in [0, 0.05) is 29.4 Å². The van der Waals surface area contributed by atoms with E-state index in [1.807, 2.05) is 4.90 Å². The smallest absolute Gasteiger partial charge is 0.394 e. The Bertz CT molecular complexity index is 935. The second-order valence-corrected chi connectivity index (χ2v) is 5.95. The topological polar surface area (TPSA) is 54.2 Å². The quantitative estimate of drug-likeness (QED) is 0.791. The molecule has 3 aromatic rings. The molecule has 2 aromatic heterocycles. The fraction of sp³-hybridized carbons (Fsp3) is 0.294. The summed E-state index contributed by atoms with van der Waals surface area (Å²) in [5, 5.41) is 13.8. The van der Waals surface area contributed by atoms with Gasteiger partial charge < -0.3 is 10.0 Å². The van der Waals surface area contributed by atoms with Gasteiger partial charge in [-0.15, -0.1) is 0 Å². The number of pyridine rings is 1. The minimum Gasteiger partial charge on any atom is -0.394 e. The molecule has 0 atom stereocenters. The highest BCUT2D eigenvalue weighted by molar-refractivity contribution is 5.94. The normalized spacial score (nSPS) is 14.3. The van der Waals surface area contributed by atoms with E-state index in [4.69, 9.17) is 5.11 Å². The van der Waals surface area contributed by atoms with Crippen LogP contribution in [0.25, 0.3) is 10.9 Å². The number of rotatable bonds is 3. The largest absolute Gasteiger partial charge is 0.418 e. The summed E-state index contributed by atoms with van der Waals surface area (Å²) in [6, 6.07) is 5.86. The molecule has 0 radical (unpaired) electrons. The van der Waals surface area contributed by atoms with E-state index in [0.29, 0.717) is 30.7 Å². The van der Waals surface area contributed by atoms with Crippen molar-refractivity contribution >= 4 is 16.6 Å². The standard InChI is InChI=1S/C17H15F3N4O/c18-17(19,20)13-3-1-2-12-14(4-5-21-16(12)13)23-9-11-8-22-24(6-7-25)15(11)10-23/h1-5,8,25H,6-7,9-10H2. The molecule has 0 spiro atoms. The van der Waals surface area contributed by atoms with Gasteiger partial charge in [0.15, 0.2) is 0 Å². The first-order valence-corrected chi connectivity index (χ1v) is 7.83. The number of nitrogens with zero attached hydrogens (tertiary/aromatic N) is 4. The van der Waals surface area contributed by atoms with E-state index in [0.717, 1.165) is 17.3 Å². The van der Waals surface area contributed by atoms with Crippen LogP contribution in [-0.2, 0) is 25.8 Å². The number of hydrogen-bond acceptors (Lipinski definition) is 4. The number of aliphatic hydroxyl groups is 1. The SMILES string of the molecule is OCCn1ncc2c1CN(c1ccnc3c(C(F)(F)F)cccc13)C2. The Hall–Kier alpha value is -2.61. The molecule has 3 heterocycles. The van der Waals surface area contributed by atoms with Crippen LogP contribution < -0.4 is 4.90 Å². The Morgan fingerprint density at radius 2 is 2.00 bits per heavy atom. The Morgan fingerprint density at radius 1 is 1.16 bits per heavy atom. The lowest BCUT2D eigenvalue weighted by molar-refractivity contribution is -0.136. The maximum absolute atomic E-state index is 13.2. The highest BCUT2D eigenvalue weighted by Crippen LogP contribution is 2.38. The van der Waals surface area contributed by atoms with Crippen molar-refractivity contribution in [2.24, 2.45) is 0 Å². The van der Waals surface area contributed by atoms with Gasteiger partial charge in [-0.3, -0.25) is 9.67 Å². The highest BCUT2D eigenvalue weighted by Gasteiger charge is 2.34. The van der Waals surface area contributed by atoms with Gasteiger partial charge in [-0.2, -0.15) is 18.3 Å². The van der Waals surface area contributed by atoms with Gasteiger partial charge in [-0.05, 0) is 12.1 Å². The number of hydrogen-bond donors (Lipinski definition) is 1. The Kier molecular flexibility index (Phi) is 3.64. The fourth-order valence-corrected chi connectivity index (χ4v) is 3.33. The number of para-hydroxylation sites is 1. The Balaban J connectivity index is 1.76. The maximum atomic E-state index is 13.2. The molecule has 5 nitrogen and oxygen atoms in total. The predicted octanol–water partition coefficient (Wildman–Crippen LogP) is 2.96. The third-order valence-electron chi connectivity index (χ3n) is 4.44. The third kappa shape index (κ3) is 2.62. The number of aromatic nitrogens is 3. The molecule has 0 fully saturated rings. The van der Waals surface area contributed by atoms with Crippen LogP contribution in [0.3, 0.4) is 0 Å². The molecular formula is C17H15F3N4O. The molecule has 0 unspecified atom stereocenters. The zero-order valence-corrected chi connectivity index (χ0v) is 13.2. The number of aliphatic hydroxyl groups excluding tert-OH is 1. The van der Waals surface area contributed by atoms with E-state index >= 15 is 0 Å². The van der Waals surface area contributed by atoms with E-state index in [9.17, 15) is 13.2 Å². The van der Waals surface area contributed by atoms with Gasteiger partial charge >= 0.3 is 6.18 Å².